The molecule has 0 saturated heterocycles. The molecule has 1 atom stereocenters. The molecule has 0 radical (unpaired) electrons. The van der Waals surface area contributed by atoms with Crippen LogP contribution >= 0.6 is 11.8 Å². The average molecular weight is 280 g/mol. The van der Waals surface area contributed by atoms with Crippen molar-refractivity contribution >= 4 is 17.7 Å². The van der Waals surface area contributed by atoms with E-state index in [-0.39, 0.29) is 11.2 Å². The van der Waals surface area contributed by atoms with Crippen molar-refractivity contribution in [3.05, 3.63) is 29.8 Å². The van der Waals surface area contributed by atoms with Crippen LogP contribution in [0.15, 0.2) is 29.2 Å². The molecule has 0 bridgehead atoms. The Balaban J connectivity index is 2.58. The molecule has 1 aromatic rings. The summed E-state index contributed by atoms with van der Waals surface area (Å²) in [6, 6.07) is 8.83. The van der Waals surface area contributed by atoms with Gasteiger partial charge < -0.3 is 10.6 Å². The molecular formula is C15H24N2OS. The summed E-state index contributed by atoms with van der Waals surface area (Å²) in [5, 5.41) is 6.18. The van der Waals surface area contributed by atoms with Gasteiger partial charge in [0, 0.05) is 24.0 Å². The second-order valence-electron chi connectivity index (χ2n) is 4.84. The number of nitrogens with one attached hydrogen (secondary N) is 2. The first kappa shape index (κ1) is 16.1. The second kappa shape index (κ2) is 8.23. The van der Waals surface area contributed by atoms with Gasteiger partial charge in [-0.25, -0.2) is 0 Å². The number of hydrogen-bond donors (Lipinski definition) is 2. The molecule has 2 N–H and O–H groups in total. The summed E-state index contributed by atoms with van der Waals surface area (Å²) in [6.07, 6.45) is 0. The van der Waals surface area contributed by atoms with E-state index in [4.69, 9.17) is 0 Å². The fourth-order valence-electron chi connectivity index (χ4n) is 1.63. The van der Waals surface area contributed by atoms with E-state index in [0.29, 0.717) is 12.6 Å². The van der Waals surface area contributed by atoms with Crippen molar-refractivity contribution in [2.24, 2.45) is 0 Å². The molecule has 0 saturated carbocycles. The van der Waals surface area contributed by atoms with E-state index < -0.39 is 0 Å². The van der Waals surface area contributed by atoms with Crippen molar-refractivity contribution < 1.29 is 4.79 Å². The third-order valence-electron chi connectivity index (χ3n) is 2.65. The molecule has 0 aliphatic heterocycles. The van der Waals surface area contributed by atoms with Gasteiger partial charge in [0.15, 0.2) is 0 Å². The van der Waals surface area contributed by atoms with Crippen molar-refractivity contribution in [1.82, 2.24) is 10.6 Å². The van der Waals surface area contributed by atoms with Gasteiger partial charge in [0.1, 0.15) is 0 Å². The summed E-state index contributed by atoms with van der Waals surface area (Å²) >= 11 is 1.60. The zero-order chi connectivity index (χ0) is 14.3. The molecular weight excluding hydrogens is 256 g/mol. The Morgan fingerprint density at radius 2 is 2.05 bits per heavy atom. The largest absolute Gasteiger partial charge is 0.355 e. The van der Waals surface area contributed by atoms with E-state index in [0.717, 1.165) is 11.4 Å². The lowest BCUT2D eigenvalue weighted by Gasteiger charge is -2.12. The fraction of sp³-hybridized carbons (Fsp3) is 0.533. The first-order valence-corrected chi connectivity index (χ1v) is 7.67. The van der Waals surface area contributed by atoms with E-state index >= 15 is 0 Å². The van der Waals surface area contributed by atoms with Crippen LogP contribution in [0.5, 0.6) is 0 Å². The van der Waals surface area contributed by atoms with Gasteiger partial charge in [0.25, 0.3) is 0 Å². The number of carbonyl (C=O) groups is 1. The molecule has 1 amide bonds. The van der Waals surface area contributed by atoms with Crippen LogP contribution in [0.25, 0.3) is 0 Å². The SMILES string of the molecule is CCNC(=O)C(C)Sc1cccc(CNC(C)C)c1. The molecule has 0 fully saturated rings. The van der Waals surface area contributed by atoms with Crippen LogP contribution in [0.1, 0.15) is 33.3 Å². The molecule has 1 rings (SSSR count). The zero-order valence-electron chi connectivity index (χ0n) is 12.2. The summed E-state index contributed by atoms with van der Waals surface area (Å²) in [5.74, 6) is 0.0956. The first-order valence-electron chi connectivity index (χ1n) is 6.79. The minimum atomic E-state index is -0.0618. The molecule has 19 heavy (non-hydrogen) atoms. The topological polar surface area (TPSA) is 41.1 Å². The number of thioether (sulfide) groups is 1. The van der Waals surface area contributed by atoms with Crippen LogP contribution in [0.4, 0.5) is 0 Å². The maximum atomic E-state index is 11.7. The van der Waals surface area contributed by atoms with Crippen LogP contribution in [0.2, 0.25) is 0 Å². The highest BCUT2D eigenvalue weighted by atomic mass is 32.2. The Labute approximate surface area is 120 Å². The van der Waals surface area contributed by atoms with Crippen LogP contribution in [-0.2, 0) is 11.3 Å². The van der Waals surface area contributed by atoms with Crippen LogP contribution in [0.3, 0.4) is 0 Å². The molecule has 0 spiro atoms. The number of hydrogen-bond acceptors (Lipinski definition) is 3. The normalized spacial score (nSPS) is 12.5. The Bertz CT molecular complexity index is 407. The lowest BCUT2D eigenvalue weighted by Crippen LogP contribution is -2.30. The van der Waals surface area contributed by atoms with Gasteiger partial charge in [0.2, 0.25) is 5.91 Å². The van der Waals surface area contributed by atoms with E-state index in [1.807, 2.05) is 19.9 Å². The maximum absolute atomic E-state index is 11.7. The van der Waals surface area contributed by atoms with Crippen LogP contribution in [0, 0.1) is 0 Å². The van der Waals surface area contributed by atoms with E-state index in [1.165, 1.54) is 5.56 Å². The average Bonchev–Trinajstić information content (AvgIpc) is 2.37. The molecule has 0 aliphatic carbocycles. The van der Waals surface area contributed by atoms with Crippen LogP contribution < -0.4 is 10.6 Å². The minimum Gasteiger partial charge on any atom is -0.355 e. The quantitative estimate of drug-likeness (QED) is 0.755. The van der Waals surface area contributed by atoms with Crippen molar-refractivity contribution in [2.75, 3.05) is 6.54 Å². The smallest absolute Gasteiger partial charge is 0.233 e. The Morgan fingerprint density at radius 1 is 1.32 bits per heavy atom. The predicted molar refractivity (Wildman–Crippen MR) is 82.4 cm³/mol. The number of carbonyl (C=O) groups excluding carboxylic acids is 1. The van der Waals surface area contributed by atoms with E-state index in [1.54, 1.807) is 11.8 Å². The summed E-state index contributed by atoms with van der Waals surface area (Å²) in [6.45, 7) is 9.69. The maximum Gasteiger partial charge on any atom is 0.233 e. The van der Waals surface area contributed by atoms with Crippen molar-refractivity contribution in [3.8, 4) is 0 Å². The molecule has 1 aromatic carbocycles. The van der Waals surface area contributed by atoms with Crippen molar-refractivity contribution in [1.29, 1.82) is 0 Å². The molecule has 1 unspecified atom stereocenters. The lowest BCUT2D eigenvalue weighted by atomic mass is 10.2. The minimum absolute atomic E-state index is 0.0618. The van der Waals surface area contributed by atoms with Crippen molar-refractivity contribution in [2.45, 2.75) is 50.4 Å². The van der Waals surface area contributed by atoms with Gasteiger partial charge >= 0.3 is 0 Å². The number of rotatable bonds is 7. The van der Waals surface area contributed by atoms with Gasteiger partial charge in [-0.05, 0) is 31.5 Å². The summed E-state index contributed by atoms with van der Waals surface area (Å²) in [4.78, 5) is 12.8. The molecule has 0 aromatic heterocycles. The standard InChI is InChI=1S/C15H24N2OS/c1-5-16-15(18)12(4)19-14-8-6-7-13(9-14)10-17-11(2)3/h6-9,11-12,17H,5,10H2,1-4H3,(H,16,18). The van der Waals surface area contributed by atoms with Gasteiger partial charge in [-0.15, -0.1) is 11.8 Å². The molecule has 3 nitrogen and oxygen atoms in total. The van der Waals surface area contributed by atoms with Crippen LogP contribution in [-0.4, -0.2) is 23.7 Å². The van der Waals surface area contributed by atoms with Crippen molar-refractivity contribution in [3.63, 3.8) is 0 Å². The second-order valence-corrected chi connectivity index (χ2v) is 6.25. The monoisotopic (exact) mass is 280 g/mol. The molecule has 0 aliphatic rings. The molecule has 106 valence electrons. The Hall–Kier alpha value is -1.00. The molecule has 0 heterocycles. The summed E-state index contributed by atoms with van der Waals surface area (Å²) in [5.41, 5.74) is 1.25. The number of amides is 1. The number of benzene rings is 1. The third-order valence-corrected chi connectivity index (χ3v) is 3.74. The first-order chi connectivity index (χ1) is 9.02. The van der Waals surface area contributed by atoms with Gasteiger partial charge in [-0.3, -0.25) is 4.79 Å². The van der Waals surface area contributed by atoms with Gasteiger partial charge in [-0.2, -0.15) is 0 Å². The highest BCUT2D eigenvalue weighted by Crippen LogP contribution is 2.24. The Morgan fingerprint density at radius 3 is 2.68 bits per heavy atom. The Kier molecular flexibility index (Phi) is 6.95. The van der Waals surface area contributed by atoms with E-state index in [2.05, 4.69) is 42.7 Å². The lowest BCUT2D eigenvalue weighted by molar-refractivity contribution is -0.120. The third kappa shape index (κ3) is 6.12. The van der Waals surface area contributed by atoms with Gasteiger partial charge in [-0.1, -0.05) is 26.0 Å². The summed E-state index contributed by atoms with van der Waals surface area (Å²) in [7, 11) is 0. The highest BCUT2D eigenvalue weighted by Gasteiger charge is 2.13. The van der Waals surface area contributed by atoms with Gasteiger partial charge in [0.05, 0.1) is 5.25 Å². The fourth-order valence-corrected chi connectivity index (χ4v) is 2.60. The zero-order valence-corrected chi connectivity index (χ0v) is 13.0. The summed E-state index contributed by atoms with van der Waals surface area (Å²) < 4.78 is 0. The molecule has 4 heteroatoms. The highest BCUT2D eigenvalue weighted by molar-refractivity contribution is 8.00. The van der Waals surface area contributed by atoms with E-state index in [9.17, 15) is 4.79 Å². The predicted octanol–water partition coefficient (Wildman–Crippen LogP) is 2.80.